The maximum absolute atomic E-state index is 13.7. The third-order valence-corrected chi connectivity index (χ3v) is 8.90. The molecule has 0 saturated carbocycles. The number of phenols is 1. The van der Waals surface area contributed by atoms with Crippen LogP contribution in [0.25, 0.3) is 6.08 Å². The number of anilines is 1. The number of carbonyl (C=O) groups is 2. The fraction of sp³-hybridized carbons (Fsp3) is 0.438. The Morgan fingerprint density at radius 2 is 1.68 bits per heavy atom. The van der Waals surface area contributed by atoms with Gasteiger partial charge in [-0.2, -0.15) is 26.3 Å². The Kier molecular flexibility index (Phi) is 8.67. The van der Waals surface area contributed by atoms with Gasteiger partial charge in [0, 0.05) is 5.92 Å². The number of allylic oxidation sites excluding steroid dienone is 2. The molecule has 0 aromatic heterocycles. The summed E-state index contributed by atoms with van der Waals surface area (Å²) in [6, 6.07) is 5.49. The maximum atomic E-state index is 13.7. The number of benzene rings is 2. The maximum Gasteiger partial charge on any atom is 0.416 e. The zero-order valence-electron chi connectivity index (χ0n) is 23.9. The lowest BCUT2D eigenvalue weighted by atomic mass is 9.68. The van der Waals surface area contributed by atoms with Crippen molar-refractivity contribution in [3.63, 3.8) is 0 Å². The second kappa shape index (κ2) is 11.9. The van der Waals surface area contributed by atoms with Gasteiger partial charge in [-0.15, -0.1) is 0 Å². The minimum Gasteiger partial charge on any atom is -0.508 e. The van der Waals surface area contributed by atoms with Gasteiger partial charge in [0.25, 0.3) is 0 Å². The highest BCUT2D eigenvalue weighted by Crippen LogP contribution is 2.52. The molecule has 12 heteroatoms. The van der Waals surface area contributed by atoms with Crippen molar-refractivity contribution >= 4 is 35.2 Å². The molecule has 3 aliphatic rings. The number of nitrogens with zero attached hydrogens (tertiary/aromatic N) is 1. The van der Waals surface area contributed by atoms with Crippen molar-refractivity contribution in [1.82, 2.24) is 0 Å². The topological polar surface area (TPSA) is 66.8 Å². The molecule has 44 heavy (non-hydrogen) atoms. The fourth-order valence-electron chi connectivity index (χ4n) is 6.66. The average Bonchev–Trinajstić information content (AvgIpc) is 3.46. The number of alkyl halides is 6. The lowest BCUT2D eigenvalue weighted by Crippen LogP contribution is -2.34. The van der Waals surface area contributed by atoms with Gasteiger partial charge >= 0.3 is 12.4 Å². The predicted molar refractivity (Wildman–Crippen MR) is 152 cm³/mol. The molecule has 0 spiro atoms. The van der Waals surface area contributed by atoms with Gasteiger partial charge in [-0.3, -0.25) is 9.59 Å². The Balaban J connectivity index is 1.43. The second-order valence-electron chi connectivity index (χ2n) is 11.6. The molecule has 2 aromatic rings. The third kappa shape index (κ3) is 6.13. The molecule has 2 fully saturated rings. The van der Waals surface area contributed by atoms with Crippen LogP contribution in [-0.4, -0.2) is 29.6 Å². The van der Waals surface area contributed by atoms with Gasteiger partial charge in [0.05, 0.1) is 46.4 Å². The van der Waals surface area contributed by atoms with Crippen LogP contribution in [0.4, 0.5) is 32.0 Å². The van der Waals surface area contributed by atoms with E-state index in [9.17, 15) is 41.0 Å². The van der Waals surface area contributed by atoms with E-state index in [0.29, 0.717) is 41.3 Å². The third-order valence-electron chi connectivity index (χ3n) is 8.58. The lowest BCUT2D eigenvalue weighted by Gasteiger charge is -2.31. The number of amides is 2. The predicted octanol–water partition coefficient (Wildman–Crippen LogP) is 8.59. The summed E-state index contributed by atoms with van der Waals surface area (Å²) in [5.74, 6) is -3.92. The molecule has 2 aromatic carbocycles. The van der Waals surface area contributed by atoms with Gasteiger partial charge in [0.2, 0.25) is 11.8 Å². The molecular formula is C32H30ClF6NO4. The largest absolute Gasteiger partial charge is 0.508 e. The fourth-order valence-corrected chi connectivity index (χ4v) is 6.89. The van der Waals surface area contributed by atoms with Crippen LogP contribution in [-0.2, 0) is 26.7 Å². The molecule has 2 amide bonds. The first-order valence-electron chi connectivity index (χ1n) is 14.3. The zero-order chi connectivity index (χ0) is 32.1. The Morgan fingerprint density at radius 3 is 2.27 bits per heavy atom. The minimum atomic E-state index is -5.12. The summed E-state index contributed by atoms with van der Waals surface area (Å²) in [5, 5.41) is 10.00. The molecule has 1 N–H and O–H groups in total. The number of fused-ring (bicyclic) bond motifs is 3. The molecule has 0 unspecified atom stereocenters. The first kappa shape index (κ1) is 32.1. The molecular weight excluding hydrogens is 612 g/mol. The van der Waals surface area contributed by atoms with Crippen LogP contribution in [0.15, 0.2) is 53.1 Å². The van der Waals surface area contributed by atoms with Gasteiger partial charge in [-0.1, -0.05) is 42.2 Å². The van der Waals surface area contributed by atoms with Gasteiger partial charge < -0.3 is 9.84 Å². The summed E-state index contributed by atoms with van der Waals surface area (Å²) in [7, 11) is 0. The van der Waals surface area contributed by atoms with Crippen LogP contribution in [0, 0.1) is 17.8 Å². The molecule has 1 aliphatic carbocycles. The van der Waals surface area contributed by atoms with E-state index in [4.69, 9.17) is 16.3 Å². The highest BCUT2D eigenvalue weighted by molar-refractivity contribution is 6.32. The van der Waals surface area contributed by atoms with Crippen molar-refractivity contribution < 1.29 is 45.8 Å². The van der Waals surface area contributed by atoms with Crippen LogP contribution in [0.5, 0.6) is 5.75 Å². The van der Waals surface area contributed by atoms with Crippen LogP contribution in [0.2, 0.25) is 5.02 Å². The van der Waals surface area contributed by atoms with Crippen molar-refractivity contribution in [1.29, 1.82) is 0 Å². The molecule has 2 heterocycles. The number of hydrogen-bond acceptors (Lipinski definition) is 4. The number of phenolic OH excluding ortho intramolecular Hbond substituents is 1. The highest BCUT2D eigenvalue weighted by atomic mass is 35.5. The summed E-state index contributed by atoms with van der Waals surface area (Å²) in [6.45, 7) is 4.00. The van der Waals surface area contributed by atoms with E-state index in [-0.39, 0.29) is 30.9 Å². The number of hydrogen-bond donors (Lipinski definition) is 1. The number of aromatic hydroxyl groups is 1. The summed E-state index contributed by atoms with van der Waals surface area (Å²) < 4.78 is 87.5. The lowest BCUT2D eigenvalue weighted by molar-refractivity contribution is -0.143. The zero-order valence-corrected chi connectivity index (χ0v) is 24.6. The molecule has 5 nitrogen and oxygen atoms in total. The Morgan fingerprint density at radius 1 is 1.02 bits per heavy atom. The summed E-state index contributed by atoms with van der Waals surface area (Å²) in [5.41, 5.74) is -0.344. The molecule has 0 bridgehead atoms. The monoisotopic (exact) mass is 641 g/mol. The first-order chi connectivity index (χ1) is 20.6. The van der Waals surface area contributed by atoms with Crippen LogP contribution >= 0.6 is 11.6 Å². The normalized spacial score (nSPS) is 24.3. The Bertz CT molecular complexity index is 1510. The minimum absolute atomic E-state index is 0.0258. The average molecular weight is 642 g/mol. The summed E-state index contributed by atoms with van der Waals surface area (Å²) in [4.78, 5) is 27.8. The van der Waals surface area contributed by atoms with Crippen LogP contribution in [0.1, 0.15) is 62.6 Å². The van der Waals surface area contributed by atoms with Crippen LogP contribution in [0.3, 0.4) is 0 Å². The van der Waals surface area contributed by atoms with Gasteiger partial charge in [-0.05, 0) is 80.1 Å². The smallest absolute Gasteiger partial charge is 0.416 e. The van der Waals surface area contributed by atoms with E-state index in [1.807, 2.05) is 19.9 Å². The molecule has 2 aliphatic heterocycles. The van der Waals surface area contributed by atoms with Crippen molar-refractivity contribution in [3.8, 4) is 5.75 Å². The van der Waals surface area contributed by atoms with E-state index in [1.165, 1.54) is 12.1 Å². The van der Waals surface area contributed by atoms with E-state index < -0.39 is 58.7 Å². The number of carbonyl (C=O) groups excluding carboxylic acids is 2. The Hall–Kier alpha value is -3.31. The number of imide groups is 1. The van der Waals surface area contributed by atoms with E-state index in [1.54, 1.807) is 6.07 Å². The van der Waals surface area contributed by atoms with Crippen molar-refractivity contribution in [2.24, 2.45) is 17.8 Å². The molecule has 0 radical (unpaired) electrons. The van der Waals surface area contributed by atoms with E-state index in [0.717, 1.165) is 28.7 Å². The van der Waals surface area contributed by atoms with Crippen molar-refractivity contribution in [3.05, 3.63) is 74.8 Å². The van der Waals surface area contributed by atoms with Crippen molar-refractivity contribution in [2.75, 3.05) is 11.5 Å². The number of rotatable bonds is 7. The number of ether oxygens (including phenoxy) is 1. The number of halogens is 7. The molecule has 4 atom stereocenters. The SMILES string of the molecule is CCCC1=C2[C@@H](CC/C(C)=C/c3ccc(O)cc3Cl)OC[C@@H]2[C@@H]2C(=O)N(c3cc(C(F)(F)F)cc(C(F)(F)F)c3)C(=O)[C@@H]2C1. The van der Waals surface area contributed by atoms with Crippen molar-refractivity contribution in [2.45, 2.75) is 64.4 Å². The van der Waals surface area contributed by atoms with E-state index in [2.05, 4.69) is 0 Å². The molecule has 2 saturated heterocycles. The van der Waals surface area contributed by atoms with Gasteiger partial charge in [0.1, 0.15) is 5.75 Å². The standard InChI is InChI=1S/C32H30ClF6NO4/c1-3-4-18-10-23-28(24-15-44-26(27(18)24)8-5-16(2)9-17-6-7-22(41)14-25(17)33)30(43)40(29(23)42)21-12-19(31(34,35)36)11-20(13-21)32(37,38)39/h6-7,9,11-14,23-24,26,28,41H,3-5,8,10,15H2,1-2H3/b16-9+/t23-,24+,26-,28-/m1/s1. The Labute approximate surface area is 255 Å². The summed E-state index contributed by atoms with van der Waals surface area (Å²) >= 11 is 6.23. The van der Waals surface area contributed by atoms with Gasteiger partial charge in [-0.25, -0.2) is 4.90 Å². The summed E-state index contributed by atoms with van der Waals surface area (Å²) in [6.07, 6.45) is -5.99. The molecule has 236 valence electrons. The van der Waals surface area contributed by atoms with Crippen LogP contribution < -0.4 is 4.90 Å². The first-order valence-corrected chi connectivity index (χ1v) is 14.6. The van der Waals surface area contributed by atoms with E-state index >= 15 is 0 Å². The highest BCUT2D eigenvalue weighted by Gasteiger charge is 2.57. The second-order valence-corrected chi connectivity index (χ2v) is 12.0. The van der Waals surface area contributed by atoms with Gasteiger partial charge in [0.15, 0.2) is 0 Å². The quantitative estimate of drug-likeness (QED) is 0.187. The molecule has 5 rings (SSSR count).